The molecule has 2 aromatic carbocycles. The second-order valence-electron chi connectivity index (χ2n) is 6.73. The molecule has 7 heteroatoms. The predicted molar refractivity (Wildman–Crippen MR) is 112 cm³/mol. The third-order valence-corrected chi connectivity index (χ3v) is 4.72. The number of nitrogens with one attached hydrogen (secondary N) is 2. The molecule has 1 aromatic heterocycles. The molecule has 0 saturated carbocycles. The van der Waals surface area contributed by atoms with Crippen LogP contribution >= 0.6 is 0 Å². The maximum Gasteiger partial charge on any atom is 0.260 e. The van der Waals surface area contributed by atoms with Gasteiger partial charge in [-0.25, -0.2) is 4.98 Å². The first-order valence-corrected chi connectivity index (χ1v) is 9.07. The van der Waals surface area contributed by atoms with Gasteiger partial charge in [0.05, 0.1) is 25.1 Å². The Morgan fingerprint density at radius 2 is 1.93 bits per heavy atom. The molecule has 1 heterocycles. The number of anilines is 1. The van der Waals surface area contributed by atoms with Gasteiger partial charge in [-0.15, -0.1) is 0 Å². The molecule has 0 aliphatic heterocycles. The fraction of sp³-hybridized carbons (Fsp3) is 0.333. The maximum absolute atomic E-state index is 12.8. The number of rotatable bonds is 7. The number of ether oxygens (including phenoxy) is 2. The Labute approximate surface area is 164 Å². The molecule has 0 radical (unpaired) electrons. The summed E-state index contributed by atoms with van der Waals surface area (Å²) < 4.78 is 10.8. The molecule has 0 atom stereocenters. The third-order valence-electron chi connectivity index (χ3n) is 4.72. The Hall–Kier alpha value is -3.06. The summed E-state index contributed by atoms with van der Waals surface area (Å²) in [6, 6.07) is 10.1. The lowest BCUT2D eigenvalue weighted by atomic mass is 10.1. The van der Waals surface area contributed by atoms with Crippen LogP contribution in [-0.2, 0) is 13.1 Å². The summed E-state index contributed by atoms with van der Waals surface area (Å²) in [4.78, 5) is 22.2. The van der Waals surface area contributed by atoms with E-state index in [9.17, 15) is 4.79 Å². The van der Waals surface area contributed by atoms with E-state index in [-0.39, 0.29) is 5.56 Å². The van der Waals surface area contributed by atoms with Gasteiger partial charge < -0.3 is 19.7 Å². The van der Waals surface area contributed by atoms with Crippen LogP contribution in [0.5, 0.6) is 11.5 Å². The highest BCUT2D eigenvalue weighted by Crippen LogP contribution is 2.35. The number of aryl methyl sites for hydroxylation is 1. The van der Waals surface area contributed by atoms with Gasteiger partial charge in [-0.1, -0.05) is 24.3 Å². The summed E-state index contributed by atoms with van der Waals surface area (Å²) in [5.41, 5.74) is 3.43. The first-order chi connectivity index (χ1) is 13.5. The monoisotopic (exact) mass is 382 g/mol. The second kappa shape index (κ2) is 8.31. The Bertz CT molecular complexity index is 1050. The lowest BCUT2D eigenvalue weighted by molar-refractivity contribution is 0.354. The second-order valence-corrected chi connectivity index (χ2v) is 6.73. The van der Waals surface area contributed by atoms with E-state index in [1.807, 2.05) is 32.0 Å². The number of methoxy groups -OCH3 is 2. The van der Waals surface area contributed by atoms with Crippen molar-refractivity contribution in [1.29, 1.82) is 0 Å². The minimum atomic E-state index is -0.200. The molecule has 0 aliphatic carbocycles. The van der Waals surface area contributed by atoms with E-state index in [1.165, 1.54) is 5.56 Å². The zero-order valence-electron chi connectivity index (χ0n) is 16.9. The molecule has 0 spiro atoms. The van der Waals surface area contributed by atoms with Crippen molar-refractivity contribution in [2.24, 2.45) is 0 Å². The van der Waals surface area contributed by atoms with Gasteiger partial charge in [-0.2, -0.15) is 0 Å². The molecule has 0 fully saturated rings. The molecule has 148 valence electrons. The molecule has 7 nitrogen and oxygen atoms in total. The van der Waals surface area contributed by atoms with Gasteiger partial charge in [-0.3, -0.25) is 9.78 Å². The number of aromatic amines is 1. The van der Waals surface area contributed by atoms with E-state index in [2.05, 4.69) is 33.5 Å². The summed E-state index contributed by atoms with van der Waals surface area (Å²) in [5, 5.41) is 3.66. The lowest BCUT2D eigenvalue weighted by Gasteiger charge is -2.19. The van der Waals surface area contributed by atoms with Crippen molar-refractivity contribution in [3.8, 4) is 11.5 Å². The van der Waals surface area contributed by atoms with Gasteiger partial charge in [0.15, 0.2) is 11.5 Å². The van der Waals surface area contributed by atoms with Crippen LogP contribution in [0, 0.1) is 6.92 Å². The van der Waals surface area contributed by atoms with Crippen LogP contribution in [-0.4, -0.2) is 38.3 Å². The van der Waals surface area contributed by atoms with Crippen LogP contribution in [0.15, 0.2) is 35.1 Å². The van der Waals surface area contributed by atoms with Crippen LogP contribution in [0.3, 0.4) is 0 Å². The average Bonchev–Trinajstić information content (AvgIpc) is 2.67. The molecule has 0 amide bonds. The van der Waals surface area contributed by atoms with Crippen molar-refractivity contribution in [2.45, 2.75) is 20.0 Å². The Kier molecular flexibility index (Phi) is 5.84. The van der Waals surface area contributed by atoms with E-state index in [1.54, 1.807) is 20.3 Å². The summed E-state index contributed by atoms with van der Waals surface area (Å²) in [7, 11) is 6.96. The smallest absolute Gasteiger partial charge is 0.260 e. The highest BCUT2D eigenvalue weighted by atomic mass is 16.5. The van der Waals surface area contributed by atoms with E-state index in [0.717, 1.165) is 12.1 Å². The van der Waals surface area contributed by atoms with Crippen molar-refractivity contribution in [1.82, 2.24) is 15.3 Å². The Morgan fingerprint density at radius 1 is 1.18 bits per heavy atom. The number of hydrogen-bond donors (Lipinski definition) is 2. The molecular formula is C21H26N4O3. The number of fused-ring (bicyclic) bond motifs is 1. The zero-order valence-corrected chi connectivity index (χ0v) is 16.9. The fourth-order valence-electron chi connectivity index (χ4n) is 3.41. The number of nitrogens with zero attached hydrogens (tertiary/aromatic N) is 2. The largest absolute Gasteiger partial charge is 0.493 e. The SMILES string of the molecule is CNCc1cccc(CN(C)c2nc3cc(OC)c(OC)c(C)c3c(=O)[nH]2)c1. The predicted octanol–water partition coefficient (Wildman–Crippen LogP) is 2.60. The fourth-order valence-corrected chi connectivity index (χ4v) is 3.41. The van der Waals surface area contributed by atoms with Gasteiger partial charge in [0.2, 0.25) is 5.95 Å². The summed E-state index contributed by atoms with van der Waals surface area (Å²) in [5.74, 6) is 1.60. The number of aromatic nitrogens is 2. The highest BCUT2D eigenvalue weighted by molar-refractivity contribution is 5.86. The molecular weight excluding hydrogens is 356 g/mol. The number of hydrogen-bond acceptors (Lipinski definition) is 6. The van der Waals surface area contributed by atoms with Crippen LogP contribution in [0.4, 0.5) is 5.95 Å². The molecule has 0 aliphatic rings. The standard InChI is InChI=1S/C21H26N4O3/c1-13-18-16(10-17(27-4)19(13)28-5)23-21(24-20(18)26)25(3)12-15-8-6-7-14(9-15)11-22-2/h6-10,22H,11-12H2,1-5H3,(H,23,24,26). The number of H-pyrrole nitrogens is 1. The van der Waals surface area contributed by atoms with Crippen molar-refractivity contribution in [3.05, 3.63) is 57.4 Å². The van der Waals surface area contributed by atoms with Crippen molar-refractivity contribution < 1.29 is 9.47 Å². The topological polar surface area (TPSA) is 79.5 Å². The average molecular weight is 382 g/mol. The first kappa shape index (κ1) is 19.7. The third kappa shape index (κ3) is 3.80. The highest BCUT2D eigenvalue weighted by Gasteiger charge is 2.17. The molecule has 0 unspecified atom stereocenters. The Balaban J connectivity index is 1.99. The zero-order chi connectivity index (χ0) is 20.3. The molecule has 2 N–H and O–H groups in total. The van der Waals surface area contributed by atoms with Crippen LogP contribution < -0.4 is 25.2 Å². The van der Waals surface area contributed by atoms with E-state index >= 15 is 0 Å². The van der Waals surface area contributed by atoms with Gasteiger partial charge in [0.25, 0.3) is 5.56 Å². The summed E-state index contributed by atoms with van der Waals surface area (Å²) in [6.45, 7) is 3.26. The molecule has 0 bridgehead atoms. The minimum Gasteiger partial charge on any atom is -0.493 e. The molecule has 0 saturated heterocycles. The van der Waals surface area contributed by atoms with E-state index in [0.29, 0.717) is 40.5 Å². The van der Waals surface area contributed by atoms with Crippen LogP contribution in [0.2, 0.25) is 0 Å². The molecule has 3 rings (SSSR count). The van der Waals surface area contributed by atoms with E-state index < -0.39 is 0 Å². The van der Waals surface area contributed by atoms with Gasteiger partial charge in [0, 0.05) is 31.8 Å². The minimum absolute atomic E-state index is 0.200. The first-order valence-electron chi connectivity index (χ1n) is 9.07. The molecule has 3 aromatic rings. The number of benzene rings is 2. The molecule has 28 heavy (non-hydrogen) atoms. The van der Waals surface area contributed by atoms with Crippen molar-refractivity contribution in [2.75, 3.05) is 33.2 Å². The van der Waals surface area contributed by atoms with Gasteiger partial charge in [-0.05, 0) is 25.1 Å². The summed E-state index contributed by atoms with van der Waals surface area (Å²) in [6.07, 6.45) is 0. The van der Waals surface area contributed by atoms with Gasteiger partial charge in [0.1, 0.15) is 0 Å². The lowest BCUT2D eigenvalue weighted by Crippen LogP contribution is -2.23. The van der Waals surface area contributed by atoms with Crippen LogP contribution in [0.25, 0.3) is 10.9 Å². The van der Waals surface area contributed by atoms with E-state index in [4.69, 9.17) is 9.47 Å². The normalized spacial score (nSPS) is 10.9. The van der Waals surface area contributed by atoms with Crippen LogP contribution in [0.1, 0.15) is 16.7 Å². The van der Waals surface area contributed by atoms with Crippen molar-refractivity contribution in [3.63, 3.8) is 0 Å². The quantitative estimate of drug-likeness (QED) is 0.654. The van der Waals surface area contributed by atoms with Gasteiger partial charge >= 0.3 is 0 Å². The maximum atomic E-state index is 12.8. The summed E-state index contributed by atoms with van der Waals surface area (Å²) >= 11 is 0. The Morgan fingerprint density at radius 3 is 2.61 bits per heavy atom. The van der Waals surface area contributed by atoms with Crippen molar-refractivity contribution >= 4 is 16.9 Å².